The third-order valence-electron chi connectivity index (χ3n) is 7.44. The molecule has 3 aliphatic carbocycles. The van der Waals surface area contributed by atoms with Gasteiger partial charge >= 0.3 is 0 Å². The first-order valence-electron chi connectivity index (χ1n) is 10.1. The highest BCUT2D eigenvalue weighted by molar-refractivity contribution is 7.15. The fourth-order valence-electron chi connectivity index (χ4n) is 5.45. The van der Waals surface area contributed by atoms with Crippen molar-refractivity contribution in [1.29, 1.82) is 0 Å². The summed E-state index contributed by atoms with van der Waals surface area (Å²) < 4.78 is 0. The highest BCUT2D eigenvalue weighted by Crippen LogP contribution is 2.62. The van der Waals surface area contributed by atoms with Gasteiger partial charge in [-0.3, -0.25) is 4.79 Å². The van der Waals surface area contributed by atoms with Crippen LogP contribution < -0.4 is 10.6 Å². The van der Waals surface area contributed by atoms with Crippen molar-refractivity contribution < 1.29 is 15.0 Å². The van der Waals surface area contributed by atoms with Gasteiger partial charge in [-0.15, -0.1) is 11.3 Å². The Hall–Kier alpha value is -1.18. The highest BCUT2D eigenvalue weighted by atomic mass is 32.1. The van der Waals surface area contributed by atoms with Gasteiger partial charge in [0.15, 0.2) is 5.13 Å². The van der Waals surface area contributed by atoms with Crippen molar-refractivity contribution in [2.45, 2.75) is 70.4 Å². The Morgan fingerprint density at radius 1 is 1.33 bits per heavy atom. The summed E-state index contributed by atoms with van der Waals surface area (Å²) in [5.74, 6) is 0.239. The zero-order valence-corrected chi connectivity index (χ0v) is 17.2. The molecule has 0 aromatic carbocycles. The molecule has 5 atom stereocenters. The molecule has 1 aromatic rings. The molecule has 0 aliphatic heterocycles. The monoisotopic (exact) mass is 393 g/mol. The number of amides is 1. The normalized spacial score (nSPS) is 38.0. The molecule has 4 rings (SSSR count). The number of nitrogens with one attached hydrogen (secondary N) is 2. The van der Waals surface area contributed by atoms with E-state index in [0.717, 1.165) is 36.5 Å². The van der Waals surface area contributed by atoms with Gasteiger partial charge in [0.2, 0.25) is 5.91 Å². The van der Waals surface area contributed by atoms with Crippen LogP contribution >= 0.6 is 11.3 Å². The van der Waals surface area contributed by atoms with Crippen LogP contribution in [0.1, 0.15) is 62.4 Å². The van der Waals surface area contributed by atoms with Crippen LogP contribution in [0.2, 0.25) is 0 Å². The molecule has 0 saturated heterocycles. The van der Waals surface area contributed by atoms with Gasteiger partial charge in [-0.2, -0.15) is 0 Å². The maximum atomic E-state index is 12.7. The van der Waals surface area contributed by atoms with Crippen molar-refractivity contribution in [3.63, 3.8) is 0 Å². The van der Waals surface area contributed by atoms with Gasteiger partial charge in [-0.05, 0) is 43.4 Å². The minimum absolute atomic E-state index is 0.0155. The molecule has 1 aromatic heterocycles. The van der Waals surface area contributed by atoms with E-state index in [0.29, 0.717) is 18.9 Å². The molecule has 2 saturated carbocycles. The van der Waals surface area contributed by atoms with Gasteiger partial charge < -0.3 is 20.8 Å². The molecule has 5 unspecified atom stereocenters. The van der Waals surface area contributed by atoms with Gasteiger partial charge in [0.25, 0.3) is 0 Å². The second kappa shape index (κ2) is 6.71. The van der Waals surface area contributed by atoms with Crippen LogP contribution in [0.4, 0.5) is 5.13 Å². The molecule has 6 nitrogen and oxygen atoms in total. The Kier molecular flexibility index (Phi) is 4.76. The van der Waals surface area contributed by atoms with Gasteiger partial charge in [0.1, 0.15) is 0 Å². The largest absolute Gasteiger partial charge is 0.396 e. The molecule has 2 fully saturated rings. The van der Waals surface area contributed by atoms with Crippen molar-refractivity contribution in [2.24, 2.45) is 16.7 Å². The summed E-state index contributed by atoms with van der Waals surface area (Å²) in [5.41, 5.74) is 0.328. The summed E-state index contributed by atoms with van der Waals surface area (Å²) in [5, 5.41) is 28.1. The average molecular weight is 394 g/mol. The number of anilines is 1. The number of carbonyl (C=O) groups is 1. The number of carbonyl (C=O) groups excluding carboxylic acids is 1. The third-order valence-corrected chi connectivity index (χ3v) is 8.55. The molecule has 0 radical (unpaired) electrons. The predicted octanol–water partition coefficient (Wildman–Crippen LogP) is 2.27. The number of aliphatic hydroxyl groups is 2. The maximum Gasteiger partial charge on any atom is 0.220 e. The van der Waals surface area contributed by atoms with E-state index in [1.807, 2.05) is 14.0 Å². The second-order valence-corrected chi connectivity index (χ2v) is 10.2. The number of fused-ring (bicyclic) bond motifs is 2. The van der Waals surface area contributed by atoms with Gasteiger partial charge in [-0.1, -0.05) is 13.8 Å². The van der Waals surface area contributed by atoms with Crippen molar-refractivity contribution in [3.05, 3.63) is 10.6 Å². The minimum atomic E-state index is -0.556. The fourth-order valence-corrected chi connectivity index (χ4v) is 6.47. The van der Waals surface area contributed by atoms with E-state index in [2.05, 4.69) is 17.6 Å². The summed E-state index contributed by atoms with van der Waals surface area (Å²) in [7, 11) is 1.87. The molecule has 4 N–H and O–H groups in total. The Morgan fingerprint density at radius 3 is 2.70 bits per heavy atom. The van der Waals surface area contributed by atoms with Crippen molar-refractivity contribution >= 4 is 22.4 Å². The summed E-state index contributed by atoms with van der Waals surface area (Å²) in [6, 6.07) is 0.350. The molecular formula is C20H31N3O3S. The number of thiazole rings is 1. The van der Waals surface area contributed by atoms with E-state index in [-0.39, 0.29) is 29.8 Å². The molecule has 27 heavy (non-hydrogen) atoms. The molecule has 1 amide bonds. The standard InChI is InChI=1S/C20H31N3O3S/c1-19-7-6-15(25)20(2,10-24)14(19)9-13-17(23-18(21-3)27-13)12(19)8-16(26)22-11-4-5-11/h11-12,14-15,24-25H,4-10H2,1-3H3,(H,21,23)(H,22,26). The van der Waals surface area contributed by atoms with Gasteiger partial charge in [0.05, 0.1) is 18.4 Å². The van der Waals surface area contributed by atoms with Gasteiger partial charge in [0, 0.05) is 35.7 Å². The van der Waals surface area contributed by atoms with E-state index in [9.17, 15) is 15.0 Å². The molecule has 3 aliphatic rings. The van der Waals surface area contributed by atoms with Crippen LogP contribution in [0.25, 0.3) is 0 Å². The lowest BCUT2D eigenvalue weighted by atomic mass is 9.47. The molecule has 0 bridgehead atoms. The first kappa shape index (κ1) is 19.2. The van der Waals surface area contributed by atoms with Crippen molar-refractivity contribution in [2.75, 3.05) is 19.0 Å². The summed E-state index contributed by atoms with van der Waals surface area (Å²) in [6.07, 6.45) is 4.39. The van der Waals surface area contributed by atoms with Crippen LogP contribution in [-0.4, -0.2) is 46.9 Å². The van der Waals surface area contributed by atoms with Crippen molar-refractivity contribution in [3.8, 4) is 0 Å². The summed E-state index contributed by atoms with van der Waals surface area (Å²) in [4.78, 5) is 18.7. The number of nitrogens with zero attached hydrogens (tertiary/aromatic N) is 1. The second-order valence-electron chi connectivity index (χ2n) is 9.16. The summed E-state index contributed by atoms with van der Waals surface area (Å²) in [6.45, 7) is 4.21. The first-order valence-corrected chi connectivity index (χ1v) is 10.9. The number of aromatic nitrogens is 1. The zero-order chi connectivity index (χ0) is 19.4. The van der Waals surface area contributed by atoms with E-state index < -0.39 is 11.5 Å². The lowest BCUT2D eigenvalue weighted by Gasteiger charge is -2.58. The van der Waals surface area contributed by atoms with Crippen molar-refractivity contribution in [1.82, 2.24) is 10.3 Å². The SMILES string of the molecule is CNc1nc2c(s1)CC1C(C)(CO)C(O)CCC1(C)C2CC(=O)NC1CC1. The Bertz CT molecular complexity index is 734. The number of rotatable bonds is 5. The van der Waals surface area contributed by atoms with Gasteiger partial charge in [-0.25, -0.2) is 4.98 Å². The lowest BCUT2D eigenvalue weighted by Crippen LogP contribution is -2.57. The topological polar surface area (TPSA) is 94.5 Å². The highest BCUT2D eigenvalue weighted by Gasteiger charge is 2.59. The Balaban J connectivity index is 1.74. The quantitative estimate of drug-likeness (QED) is 0.616. The maximum absolute atomic E-state index is 12.7. The van der Waals surface area contributed by atoms with Crippen LogP contribution in [0.15, 0.2) is 0 Å². The number of hydrogen-bond donors (Lipinski definition) is 4. The van der Waals surface area contributed by atoms with Crippen LogP contribution in [0, 0.1) is 16.7 Å². The van der Waals surface area contributed by atoms with E-state index in [4.69, 9.17) is 4.98 Å². The van der Waals surface area contributed by atoms with E-state index in [1.165, 1.54) is 4.88 Å². The Morgan fingerprint density at radius 2 is 2.07 bits per heavy atom. The molecule has 1 heterocycles. The van der Waals surface area contributed by atoms with Crippen LogP contribution in [0.3, 0.4) is 0 Å². The van der Waals surface area contributed by atoms with E-state index in [1.54, 1.807) is 11.3 Å². The third kappa shape index (κ3) is 3.08. The van der Waals surface area contributed by atoms with Crippen LogP contribution in [0.5, 0.6) is 0 Å². The molecule has 0 spiro atoms. The Labute approximate surface area is 164 Å². The number of hydrogen-bond acceptors (Lipinski definition) is 6. The fraction of sp³-hybridized carbons (Fsp3) is 0.800. The zero-order valence-electron chi connectivity index (χ0n) is 16.4. The lowest BCUT2D eigenvalue weighted by molar-refractivity contribution is -0.144. The van der Waals surface area contributed by atoms with E-state index >= 15 is 0 Å². The smallest absolute Gasteiger partial charge is 0.220 e. The molecule has 7 heteroatoms. The minimum Gasteiger partial charge on any atom is -0.396 e. The number of aliphatic hydroxyl groups excluding tert-OH is 2. The molecular weight excluding hydrogens is 362 g/mol. The van der Waals surface area contributed by atoms with Crippen LogP contribution in [-0.2, 0) is 11.2 Å². The summed E-state index contributed by atoms with van der Waals surface area (Å²) >= 11 is 1.64. The molecule has 150 valence electrons. The average Bonchev–Trinajstić information content (AvgIpc) is 3.36. The first-order chi connectivity index (χ1) is 12.8. The predicted molar refractivity (Wildman–Crippen MR) is 106 cm³/mol.